The summed E-state index contributed by atoms with van der Waals surface area (Å²) < 4.78 is 0. The molecule has 1 heterocycles. The average Bonchev–Trinajstić information content (AvgIpc) is 2.61. The van der Waals surface area contributed by atoms with Crippen molar-refractivity contribution in [2.45, 2.75) is 39.3 Å². The van der Waals surface area contributed by atoms with E-state index in [4.69, 9.17) is 0 Å². The van der Waals surface area contributed by atoms with E-state index < -0.39 is 0 Å². The van der Waals surface area contributed by atoms with Crippen LogP contribution in [0, 0.1) is 0 Å². The first-order valence-electron chi connectivity index (χ1n) is 6.23. The largest absolute Gasteiger partial charge is 0.308 e. The summed E-state index contributed by atoms with van der Waals surface area (Å²) in [6.07, 6.45) is 0.962. The molecule has 92 valence electrons. The Hall–Kier alpha value is -1.35. The second-order valence-corrected chi connectivity index (χ2v) is 4.98. The molecule has 0 aliphatic carbocycles. The predicted octanol–water partition coefficient (Wildman–Crippen LogP) is 1.96. The summed E-state index contributed by atoms with van der Waals surface area (Å²) >= 11 is 0. The van der Waals surface area contributed by atoms with Gasteiger partial charge in [0.25, 0.3) is 0 Å². The molecule has 1 unspecified atom stereocenters. The zero-order chi connectivity index (χ0) is 12.4. The lowest BCUT2D eigenvalue weighted by atomic mass is 10.1. The van der Waals surface area contributed by atoms with Crippen LogP contribution in [0.1, 0.15) is 26.3 Å². The summed E-state index contributed by atoms with van der Waals surface area (Å²) in [4.78, 5) is 14.1. The molecule has 0 saturated carbocycles. The van der Waals surface area contributed by atoms with Crippen LogP contribution in [0.15, 0.2) is 24.3 Å². The van der Waals surface area contributed by atoms with Crippen LogP contribution in [0.3, 0.4) is 0 Å². The highest BCUT2D eigenvalue weighted by atomic mass is 16.2. The van der Waals surface area contributed by atoms with Crippen LogP contribution in [0.25, 0.3) is 0 Å². The summed E-state index contributed by atoms with van der Waals surface area (Å²) in [5.74, 6) is 0.163. The van der Waals surface area contributed by atoms with Gasteiger partial charge in [-0.25, -0.2) is 0 Å². The number of hydrogen-bond donors (Lipinski definition) is 1. The Kier molecular flexibility index (Phi) is 3.48. The van der Waals surface area contributed by atoms with Crippen LogP contribution in [-0.4, -0.2) is 24.5 Å². The maximum atomic E-state index is 12.2. The van der Waals surface area contributed by atoms with Crippen molar-refractivity contribution in [3.63, 3.8) is 0 Å². The summed E-state index contributed by atoms with van der Waals surface area (Å²) in [7, 11) is 0. The van der Waals surface area contributed by atoms with Crippen LogP contribution in [0.2, 0.25) is 0 Å². The molecule has 0 fully saturated rings. The van der Waals surface area contributed by atoms with E-state index in [1.54, 1.807) is 0 Å². The second-order valence-electron chi connectivity index (χ2n) is 4.98. The molecular weight excluding hydrogens is 212 g/mol. The number of carbonyl (C=O) groups excluding carboxylic acids is 1. The predicted molar refractivity (Wildman–Crippen MR) is 70.2 cm³/mol. The van der Waals surface area contributed by atoms with E-state index >= 15 is 0 Å². The summed E-state index contributed by atoms with van der Waals surface area (Å²) in [5.41, 5.74) is 2.36. The van der Waals surface area contributed by atoms with Crippen LogP contribution >= 0.6 is 0 Å². The topological polar surface area (TPSA) is 32.3 Å². The lowest BCUT2D eigenvalue weighted by Crippen LogP contribution is -2.43. The average molecular weight is 232 g/mol. The van der Waals surface area contributed by atoms with E-state index in [1.165, 1.54) is 5.56 Å². The van der Waals surface area contributed by atoms with Gasteiger partial charge in [0.2, 0.25) is 5.91 Å². The van der Waals surface area contributed by atoms with Gasteiger partial charge in [-0.1, -0.05) is 32.0 Å². The van der Waals surface area contributed by atoms with E-state index in [-0.39, 0.29) is 11.9 Å². The molecule has 1 atom stereocenters. The Morgan fingerprint density at radius 2 is 2.18 bits per heavy atom. The van der Waals surface area contributed by atoms with Crippen molar-refractivity contribution < 1.29 is 4.79 Å². The van der Waals surface area contributed by atoms with Gasteiger partial charge in [-0.05, 0) is 25.0 Å². The van der Waals surface area contributed by atoms with E-state index in [9.17, 15) is 4.79 Å². The van der Waals surface area contributed by atoms with Gasteiger partial charge in [-0.15, -0.1) is 0 Å². The maximum absolute atomic E-state index is 12.2. The van der Waals surface area contributed by atoms with Crippen molar-refractivity contribution in [2.75, 3.05) is 11.4 Å². The quantitative estimate of drug-likeness (QED) is 0.864. The highest BCUT2D eigenvalue weighted by molar-refractivity contribution is 5.97. The zero-order valence-electron chi connectivity index (χ0n) is 10.7. The molecule has 0 aromatic heterocycles. The van der Waals surface area contributed by atoms with Crippen molar-refractivity contribution in [1.82, 2.24) is 5.32 Å². The summed E-state index contributed by atoms with van der Waals surface area (Å²) in [5, 5.41) is 3.18. The fraction of sp³-hybridized carbons (Fsp3) is 0.500. The highest BCUT2D eigenvalue weighted by Gasteiger charge is 2.29. The van der Waals surface area contributed by atoms with Crippen molar-refractivity contribution in [2.24, 2.45) is 0 Å². The van der Waals surface area contributed by atoms with Gasteiger partial charge in [0.1, 0.15) is 0 Å². The Bertz CT molecular complexity index is 414. The molecular formula is C14H20N2O. The first-order chi connectivity index (χ1) is 8.09. The summed E-state index contributed by atoms with van der Waals surface area (Å²) in [6, 6.07) is 8.78. The molecule has 1 aliphatic rings. The molecule has 0 spiro atoms. The smallest absolute Gasteiger partial charge is 0.241 e. The lowest BCUT2D eigenvalue weighted by Gasteiger charge is -2.23. The van der Waals surface area contributed by atoms with Crippen molar-refractivity contribution in [3.8, 4) is 0 Å². The minimum atomic E-state index is 0.163. The van der Waals surface area contributed by atoms with Crippen LogP contribution in [0.4, 0.5) is 5.69 Å². The molecule has 17 heavy (non-hydrogen) atoms. The molecule has 1 aromatic rings. The van der Waals surface area contributed by atoms with Gasteiger partial charge in [0.15, 0.2) is 0 Å². The van der Waals surface area contributed by atoms with Crippen molar-refractivity contribution in [1.29, 1.82) is 0 Å². The number of hydrogen-bond acceptors (Lipinski definition) is 2. The monoisotopic (exact) mass is 232 g/mol. The zero-order valence-corrected chi connectivity index (χ0v) is 10.7. The minimum absolute atomic E-state index is 0.163. The molecule has 2 rings (SSSR count). The molecule has 3 heteroatoms. The molecule has 0 bridgehead atoms. The SMILES string of the molecule is CC(C)NCC(=O)N1c2ccccc2CC1C. The van der Waals surface area contributed by atoms with Crippen molar-refractivity contribution in [3.05, 3.63) is 29.8 Å². The third-order valence-electron chi connectivity index (χ3n) is 3.14. The van der Waals surface area contributed by atoms with Gasteiger partial charge in [0, 0.05) is 17.8 Å². The second kappa shape index (κ2) is 4.88. The fourth-order valence-electron chi connectivity index (χ4n) is 2.32. The van der Waals surface area contributed by atoms with E-state index in [1.807, 2.05) is 23.1 Å². The highest BCUT2D eigenvalue weighted by Crippen LogP contribution is 2.31. The number of benzene rings is 1. The van der Waals surface area contributed by atoms with E-state index in [0.717, 1.165) is 12.1 Å². The van der Waals surface area contributed by atoms with Gasteiger partial charge in [0.05, 0.1) is 6.54 Å². The first kappa shape index (κ1) is 12.1. The Balaban J connectivity index is 2.13. The van der Waals surface area contributed by atoms with Gasteiger partial charge in [-0.2, -0.15) is 0 Å². The number of anilines is 1. The molecule has 0 saturated heterocycles. The molecule has 1 aliphatic heterocycles. The first-order valence-corrected chi connectivity index (χ1v) is 6.23. The van der Waals surface area contributed by atoms with E-state index in [2.05, 4.69) is 32.2 Å². The lowest BCUT2D eigenvalue weighted by molar-refractivity contribution is -0.118. The third kappa shape index (κ3) is 2.50. The Labute approximate surface area is 103 Å². The minimum Gasteiger partial charge on any atom is -0.308 e. The number of amides is 1. The molecule has 1 amide bonds. The maximum Gasteiger partial charge on any atom is 0.241 e. The van der Waals surface area contributed by atoms with Crippen LogP contribution in [-0.2, 0) is 11.2 Å². The number of fused-ring (bicyclic) bond motifs is 1. The number of para-hydroxylation sites is 1. The third-order valence-corrected chi connectivity index (χ3v) is 3.14. The Morgan fingerprint density at radius 1 is 1.47 bits per heavy atom. The normalized spacial score (nSPS) is 18.6. The van der Waals surface area contributed by atoms with Gasteiger partial charge >= 0.3 is 0 Å². The molecule has 0 radical (unpaired) electrons. The van der Waals surface area contributed by atoms with E-state index in [0.29, 0.717) is 12.6 Å². The fourth-order valence-corrected chi connectivity index (χ4v) is 2.32. The number of nitrogens with one attached hydrogen (secondary N) is 1. The van der Waals surface area contributed by atoms with Crippen molar-refractivity contribution >= 4 is 11.6 Å². The van der Waals surface area contributed by atoms with Crippen LogP contribution in [0.5, 0.6) is 0 Å². The number of rotatable bonds is 3. The molecule has 3 nitrogen and oxygen atoms in total. The number of carbonyl (C=O) groups is 1. The molecule has 1 N–H and O–H groups in total. The summed E-state index contributed by atoms with van der Waals surface area (Å²) in [6.45, 7) is 6.62. The van der Waals surface area contributed by atoms with Gasteiger partial charge < -0.3 is 10.2 Å². The number of nitrogens with zero attached hydrogens (tertiary/aromatic N) is 1. The molecule has 1 aromatic carbocycles. The standard InChI is InChI=1S/C14H20N2O/c1-10(2)15-9-14(17)16-11(3)8-12-6-4-5-7-13(12)16/h4-7,10-11,15H,8-9H2,1-3H3. The Morgan fingerprint density at radius 3 is 2.88 bits per heavy atom. The van der Waals surface area contributed by atoms with Crippen LogP contribution < -0.4 is 10.2 Å². The van der Waals surface area contributed by atoms with Gasteiger partial charge in [-0.3, -0.25) is 4.79 Å².